The first-order valence-electron chi connectivity index (χ1n) is 8.86. The molecule has 4 heterocycles. The average molecular weight is 415 g/mol. The van der Waals surface area contributed by atoms with E-state index in [4.69, 9.17) is 16.3 Å². The number of halogens is 1. The van der Waals surface area contributed by atoms with Crippen LogP contribution >= 0.6 is 22.9 Å². The monoisotopic (exact) mass is 414 g/mol. The molecule has 0 aliphatic carbocycles. The lowest BCUT2D eigenvalue weighted by Crippen LogP contribution is -2.07. The van der Waals surface area contributed by atoms with E-state index < -0.39 is 0 Å². The first kappa shape index (κ1) is 18.6. The van der Waals surface area contributed by atoms with E-state index in [1.807, 2.05) is 24.4 Å². The van der Waals surface area contributed by atoms with Gasteiger partial charge in [0.15, 0.2) is 0 Å². The highest BCUT2D eigenvalue weighted by Gasteiger charge is 2.11. The van der Waals surface area contributed by atoms with E-state index in [0.717, 1.165) is 26.9 Å². The zero-order chi connectivity index (χ0) is 19.5. The highest BCUT2D eigenvalue weighted by Crippen LogP contribution is 2.26. The Morgan fingerprint density at radius 2 is 2.21 bits per heavy atom. The van der Waals surface area contributed by atoms with Gasteiger partial charge < -0.3 is 10.1 Å². The maximum Gasteiger partial charge on any atom is 0.232 e. The molecule has 4 aromatic heterocycles. The Balaban J connectivity index is 1.41. The van der Waals surface area contributed by atoms with Crippen LogP contribution < -0.4 is 10.1 Å². The Morgan fingerprint density at radius 1 is 1.32 bits per heavy atom. The average Bonchev–Trinajstić information content (AvgIpc) is 3.25. The van der Waals surface area contributed by atoms with Crippen molar-refractivity contribution in [3.05, 3.63) is 53.6 Å². The number of hydrogen-bond acceptors (Lipinski definition) is 7. The predicted octanol–water partition coefficient (Wildman–Crippen LogP) is 4.55. The second kappa shape index (κ2) is 8.12. The summed E-state index contributed by atoms with van der Waals surface area (Å²) in [5.74, 6) is 0.886. The molecule has 0 bridgehead atoms. The fraction of sp³-hybridized carbons (Fsp3) is 0.263. The van der Waals surface area contributed by atoms with Crippen molar-refractivity contribution in [2.75, 3.05) is 11.9 Å². The Labute approximate surface area is 171 Å². The highest BCUT2D eigenvalue weighted by atomic mass is 35.5. The molecule has 4 rings (SSSR count). The third-order valence-electron chi connectivity index (χ3n) is 3.86. The van der Waals surface area contributed by atoms with Gasteiger partial charge in [-0.3, -0.25) is 4.98 Å². The summed E-state index contributed by atoms with van der Waals surface area (Å²) in [6.45, 7) is 5.31. The van der Waals surface area contributed by atoms with E-state index >= 15 is 0 Å². The van der Waals surface area contributed by atoms with Gasteiger partial charge in [0.1, 0.15) is 5.02 Å². The maximum absolute atomic E-state index is 6.27. The molecule has 0 fully saturated rings. The van der Waals surface area contributed by atoms with Crippen LogP contribution in [0.5, 0.6) is 5.88 Å². The third kappa shape index (κ3) is 4.23. The standard InChI is InChI=1S/C19H19ClN6OS/c1-12(2)11-27-17-15(20)6-13(7-22-17)8-23-18-25-26-10-16(24-19(26)28-18)14-4-3-5-21-9-14/h3-7,9-10,12H,8,11H2,1-2H3,(H,23,25). The van der Waals surface area contributed by atoms with E-state index in [1.54, 1.807) is 23.1 Å². The number of hydrogen-bond donors (Lipinski definition) is 1. The number of nitrogens with one attached hydrogen (secondary N) is 1. The fourth-order valence-electron chi connectivity index (χ4n) is 2.52. The largest absolute Gasteiger partial charge is 0.476 e. The molecular weight excluding hydrogens is 396 g/mol. The number of aromatic nitrogens is 5. The van der Waals surface area contributed by atoms with Crippen molar-refractivity contribution in [2.24, 2.45) is 5.92 Å². The predicted molar refractivity (Wildman–Crippen MR) is 111 cm³/mol. The topological polar surface area (TPSA) is 77.2 Å². The van der Waals surface area contributed by atoms with Gasteiger partial charge in [0.2, 0.25) is 16.0 Å². The molecule has 0 radical (unpaired) electrons. The molecule has 0 aliphatic rings. The first-order valence-corrected chi connectivity index (χ1v) is 10.1. The summed E-state index contributed by atoms with van der Waals surface area (Å²) in [6.07, 6.45) is 7.18. The first-order chi connectivity index (χ1) is 13.6. The fourth-order valence-corrected chi connectivity index (χ4v) is 3.54. The summed E-state index contributed by atoms with van der Waals surface area (Å²) >= 11 is 7.75. The smallest absolute Gasteiger partial charge is 0.232 e. The lowest BCUT2D eigenvalue weighted by molar-refractivity contribution is 0.261. The van der Waals surface area contributed by atoms with Crippen molar-refractivity contribution in [1.29, 1.82) is 0 Å². The summed E-state index contributed by atoms with van der Waals surface area (Å²) in [4.78, 5) is 13.9. The summed E-state index contributed by atoms with van der Waals surface area (Å²) < 4.78 is 7.37. The third-order valence-corrected chi connectivity index (χ3v) is 5.01. The minimum Gasteiger partial charge on any atom is -0.476 e. The molecule has 9 heteroatoms. The van der Waals surface area contributed by atoms with Gasteiger partial charge in [0, 0.05) is 30.7 Å². The van der Waals surface area contributed by atoms with Crippen LogP contribution in [0.1, 0.15) is 19.4 Å². The second-order valence-electron chi connectivity index (χ2n) is 6.69. The summed E-state index contributed by atoms with van der Waals surface area (Å²) in [7, 11) is 0. The molecule has 0 saturated carbocycles. The van der Waals surface area contributed by atoms with E-state index in [-0.39, 0.29) is 0 Å². The van der Waals surface area contributed by atoms with Gasteiger partial charge in [-0.25, -0.2) is 14.5 Å². The van der Waals surface area contributed by atoms with Gasteiger partial charge in [-0.2, -0.15) is 0 Å². The van der Waals surface area contributed by atoms with E-state index in [2.05, 4.69) is 39.2 Å². The SMILES string of the molecule is CC(C)COc1ncc(CNc2nn3cc(-c4cccnc4)nc3s2)cc1Cl. The zero-order valence-electron chi connectivity index (χ0n) is 15.5. The van der Waals surface area contributed by atoms with E-state index in [1.165, 1.54) is 11.3 Å². The van der Waals surface area contributed by atoms with Crippen molar-refractivity contribution >= 4 is 33.0 Å². The molecule has 0 atom stereocenters. The number of rotatable bonds is 7. The molecule has 144 valence electrons. The number of imidazole rings is 1. The Kier molecular flexibility index (Phi) is 5.40. The van der Waals surface area contributed by atoms with Crippen molar-refractivity contribution in [3.8, 4) is 17.1 Å². The number of ether oxygens (including phenoxy) is 1. The molecule has 0 saturated heterocycles. The molecule has 0 aliphatic heterocycles. The van der Waals surface area contributed by atoms with Crippen LogP contribution in [0.4, 0.5) is 5.13 Å². The van der Waals surface area contributed by atoms with Gasteiger partial charge in [-0.1, -0.05) is 36.8 Å². The van der Waals surface area contributed by atoms with Crippen LogP contribution in [0, 0.1) is 5.92 Å². The molecule has 7 nitrogen and oxygen atoms in total. The number of nitrogens with zero attached hydrogens (tertiary/aromatic N) is 5. The minimum atomic E-state index is 0.418. The van der Waals surface area contributed by atoms with E-state index in [9.17, 15) is 0 Å². The van der Waals surface area contributed by atoms with Gasteiger partial charge in [0.25, 0.3) is 0 Å². The molecular formula is C19H19ClN6OS. The zero-order valence-corrected chi connectivity index (χ0v) is 17.0. The number of fused-ring (bicyclic) bond motifs is 1. The maximum atomic E-state index is 6.27. The molecule has 28 heavy (non-hydrogen) atoms. The molecule has 4 aromatic rings. The molecule has 1 N–H and O–H groups in total. The lowest BCUT2D eigenvalue weighted by Gasteiger charge is -2.10. The Morgan fingerprint density at radius 3 is 2.93 bits per heavy atom. The molecule has 0 spiro atoms. The van der Waals surface area contributed by atoms with Crippen molar-refractivity contribution < 1.29 is 4.74 Å². The van der Waals surface area contributed by atoms with Gasteiger partial charge in [-0.05, 0) is 29.7 Å². The van der Waals surface area contributed by atoms with Crippen LogP contribution in [0.3, 0.4) is 0 Å². The second-order valence-corrected chi connectivity index (χ2v) is 8.05. The van der Waals surface area contributed by atoms with Gasteiger partial charge >= 0.3 is 0 Å². The van der Waals surface area contributed by atoms with Crippen LogP contribution in [0.2, 0.25) is 5.02 Å². The Hall–Kier alpha value is -2.71. The van der Waals surface area contributed by atoms with Gasteiger partial charge in [-0.15, -0.1) is 5.10 Å². The number of pyridine rings is 2. The minimum absolute atomic E-state index is 0.418. The quantitative estimate of drug-likeness (QED) is 0.478. The van der Waals surface area contributed by atoms with Crippen LogP contribution in [-0.2, 0) is 6.54 Å². The van der Waals surface area contributed by atoms with Crippen molar-refractivity contribution in [1.82, 2.24) is 24.6 Å². The normalized spacial score (nSPS) is 11.3. The number of anilines is 1. The van der Waals surface area contributed by atoms with Crippen LogP contribution in [0.15, 0.2) is 43.0 Å². The van der Waals surface area contributed by atoms with Crippen molar-refractivity contribution in [2.45, 2.75) is 20.4 Å². The van der Waals surface area contributed by atoms with Crippen molar-refractivity contribution in [3.63, 3.8) is 0 Å². The van der Waals surface area contributed by atoms with Gasteiger partial charge in [0.05, 0.1) is 18.5 Å². The molecule has 0 aromatic carbocycles. The summed E-state index contributed by atoms with van der Waals surface area (Å²) in [5.41, 5.74) is 2.77. The van der Waals surface area contributed by atoms with Crippen LogP contribution in [-0.4, -0.2) is 31.2 Å². The molecule has 0 unspecified atom stereocenters. The Bertz CT molecular complexity index is 1050. The van der Waals surface area contributed by atoms with Crippen LogP contribution in [0.25, 0.3) is 16.2 Å². The summed E-state index contributed by atoms with van der Waals surface area (Å²) in [5, 5.41) is 9.10. The lowest BCUT2D eigenvalue weighted by atomic mass is 10.2. The highest BCUT2D eigenvalue weighted by molar-refractivity contribution is 7.20. The molecule has 0 amide bonds. The summed E-state index contributed by atoms with van der Waals surface area (Å²) in [6, 6.07) is 5.72. The van der Waals surface area contributed by atoms with E-state index in [0.29, 0.717) is 30.0 Å².